The standard InChI is InChI=1S/C10H19N/c1-8(2)10-5-3-9(7-11)4-6-10/h3,5,8-10H,4,6-7,11H2,1-2H3. The van der Waals surface area contributed by atoms with Gasteiger partial charge in [0.15, 0.2) is 0 Å². The molecule has 1 rings (SSSR count). The Morgan fingerprint density at radius 3 is 2.45 bits per heavy atom. The first-order chi connectivity index (χ1) is 5.24. The van der Waals surface area contributed by atoms with Crippen LogP contribution in [0.4, 0.5) is 0 Å². The molecule has 0 spiro atoms. The van der Waals surface area contributed by atoms with E-state index < -0.39 is 0 Å². The van der Waals surface area contributed by atoms with Gasteiger partial charge >= 0.3 is 0 Å². The Kier molecular flexibility index (Phi) is 3.13. The molecule has 1 heteroatoms. The Morgan fingerprint density at radius 2 is 2.09 bits per heavy atom. The first kappa shape index (κ1) is 8.79. The Balaban J connectivity index is 2.42. The normalized spacial score (nSPS) is 31.3. The van der Waals surface area contributed by atoms with Crippen LogP contribution in [-0.2, 0) is 0 Å². The average molecular weight is 153 g/mol. The molecule has 0 heterocycles. The summed E-state index contributed by atoms with van der Waals surface area (Å²) in [6.07, 6.45) is 7.27. The van der Waals surface area contributed by atoms with E-state index >= 15 is 0 Å². The number of hydrogen-bond acceptors (Lipinski definition) is 1. The second kappa shape index (κ2) is 3.91. The van der Waals surface area contributed by atoms with Gasteiger partial charge in [-0.05, 0) is 37.1 Å². The van der Waals surface area contributed by atoms with Crippen molar-refractivity contribution in [1.82, 2.24) is 0 Å². The highest BCUT2D eigenvalue weighted by Gasteiger charge is 2.16. The molecule has 11 heavy (non-hydrogen) atoms. The van der Waals surface area contributed by atoms with Gasteiger partial charge in [-0.1, -0.05) is 26.0 Å². The summed E-state index contributed by atoms with van der Waals surface area (Å²) >= 11 is 0. The highest BCUT2D eigenvalue weighted by Crippen LogP contribution is 2.26. The Hall–Kier alpha value is -0.300. The minimum atomic E-state index is 0.657. The van der Waals surface area contributed by atoms with Crippen LogP contribution in [0.15, 0.2) is 12.2 Å². The highest BCUT2D eigenvalue weighted by molar-refractivity contribution is 4.99. The molecule has 1 aliphatic carbocycles. The van der Waals surface area contributed by atoms with E-state index in [0.717, 1.165) is 18.4 Å². The molecule has 0 saturated heterocycles. The van der Waals surface area contributed by atoms with Gasteiger partial charge in [-0.25, -0.2) is 0 Å². The topological polar surface area (TPSA) is 26.0 Å². The third kappa shape index (κ3) is 2.33. The van der Waals surface area contributed by atoms with E-state index in [2.05, 4.69) is 26.0 Å². The van der Waals surface area contributed by atoms with Gasteiger partial charge < -0.3 is 5.73 Å². The molecule has 0 aromatic carbocycles. The van der Waals surface area contributed by atoms with Gasteiger partial charge in [0, 0.05) is 0 Å². The predicted molar refractivity (Wildman–Crippen MR) is 49.2 cm³/mol. The summed E-state index contributed by atoms with van der Waals surface area (Å²) < 4.78 is 0. The lowest BCUT2D eigenvalue weighted by molar-refractivity contribution is 0.377. The molecule has 2 atom stereocenters. The SMILES string of the molecule is CC(C)C1C=CC(CN)CC1. The van der Waals surface area contributed by atoms with Gasteiger partial charge in [0.25, 0.3) is 0 Å². The summed E-state index contributed by atoms with van der Waals surface area (Å²) in [5.74, 6) is 2.26. The molecule has 2 unspecified atom stereocenters. The molecular weight excluding hydrogens is 134 g/mol. The van der Waals surface area contributed by atoms with E-state index in [9.17, 15) is 0 Å². The van der Waals surface area contributed by atoms with Crippen LogP contribution in [0.1, 0.15) is 26.7 Å². The van der Waals surface area contributed by atoms with Crippen LogP contribution in [-0.4, -0.2) is 6.54 Å². The van der Waals surface area contributed by atoms with E-state index in [1.807, 2.05) is 0 Å². The van der Waals surface area contributed by atoms with Crippen molar-refractivity contribution in [2.24, 2.45) is 23.5 Å². The largest absolute Gasteiger partial charge is 0.330 e. The van der Waals surface area contributed by atoms with Crippen LogP contribution >= 0.6 is 0 Å². The first-order valence-corrected chi connectivity index (χ1v) is 4.62. The van der Waals surface area contributed by atoms with Gasteiger partial charge in [0.2, 0.25) is 0 Å². The average Bonchev–Trinajstić information content (AvgIpc) is 2.05. The van der Waals surface area contributed by atoms with Crippen LogP contribution in [0.5, 0.6) is 0 Å². The summed E-state index contributed by atoms with van der Waals surface area (Å²) in [6.45, 7) is 5.40. The number of rotatable bonds is 2. The molecule has 0 saturated carbocycles. The monoisotopic (exact) mass is 153 g/mol. The van der Waals surface area contributed by atoms with Crippen molar-refractivity contribution in [3.63, 3.8) is 0 Å². The summed E-state index contributed by atoms with van der Waals surface area (Å²) in [5.41, 5.74) is 5.57. The third-order valence-electron chi connectivity index (χ3n) is 2.66. The van der Waals surface area contributed by atoms with Crippen LogP contribution < -0.4 is 5.73 Å². The minimum absolute atomic E-state index is 0.657. The van der Waals surface area contributed by atoms with Gasteiger partial charge in [0.1, 0.15) is 0 Å². The van der Waals surface area contributed by atoms with Gasteiger partial charge in [0.05, 0.1) is 0 Å². The van der Waals surface area contributed by atoms with E-state index in [-0.39, 0.29) is 0 Å². The lowest BCUT2D eigenvalue weighted by Crippen LogP contribution is -2.19. The second-order valence-corrected chi connectivity index (χ2v) is 3.87. The van der Waals surface area contributed by atoms with E-state index in [1.165, 1.54) is 12.8 Å². The predicted octanol–water partition coefficient (Wildman–Crippen LogP) is 2.18. The molecule has 0 aromatic rings. The smallest absolute Gasteiger partial charge is 0.00142 e. The fourth-order valence-corrected chi connectivity index (χ4v) is 1.65. The fraction of sp³-hybridized carbons (Fsp3) is 0.800. The molecular formula is C10H19N. The third-order valence-corrected chi connectivity index (χ3v) is 2.66. The van der Waals surface area contributed by atoms with Gasteiger partial charge in [-0.2, -0.15) is 0 Å². The fourth-order valence-electron chi connectivity index (χ4n) is 1.65. The van der Waals surface area contributed by atoms with Crippen LogP contribution in [0, 0.1) is 17.8 Å². The Labute approximate surface area is 69.7 Å². The van der Waals surface area contributed by atoms with Gasteiger partial charge in [-0.3, -0.25) is 0 Å². The maximum atomic E-state index is 5.57. The first-order valence-electron chi connectivity index (χ1n) is 4.62. The zero-order chi connectivity index (χ0) is 8.27. The van der Waals surface area contributed by atoms with Crippen molar-refractivity contribution in [3.8, 4) is 0 Å². The Morgan fingerprint density at radius 1 is 1.36 bits per heavy atom. The van der Waals surface area contributed by atoms with Crippen molar-refractivity contribution in [3.05, 3.63) is 12.2 Å². The molecule has 0 fully saturated rings. The van der Waals surface area contributed by atoms with Crippen LogP contribution in [0.25, 0.3) is 0 Å². The zero-order valence-electron chi connectivity index (χ0n) is 7.59. The molecule has 1 nitrogen and oxygen atoms in total. The molecule has 0 aromatic heterocycles. The van der Waals surface area contributed by atoms with E-state index in [4.69, 9.17) is 5.73 Å². The van der Waals surface area contributed by atoms with Crippen molar-refractivity contribution in [2.75, 3.05) is 6.54 Å². The molecule has 0 bridgehead atoms. The zero-order valence-corrected chi connectivity index (χ0v) is 7.59. The summed E-state index contributed by atoms with van der Waals surface area (Å²) in [6, 6.07) is 0. The molecule has 0 radical (unpaired) electrons. The Bertz CT molecular complexity index is 138. The molecule has 0 amide bonds. The van der Waals surface area contributed by atoms with Gasteiger partial charge in [-0.15, -0.1) is 0 Å². The van der Waals surface area contributed by atoms with Crippen LogP contribution in [0.3, 0.4) is 0 Å². The summed E-state index contributed by atoms with van der Waals surface area (Å²) in [4.78, 5) is 0. The van der Waals surface area contributed by atoms with E-state index in [1.54, 1.807) is 0 Å². The molecule has 0 aliphatic heterocycles. The number of allylic oxidation sites excluding steroid dienone is 1. The maximum absolute atomic E-state index is 5.57. The lowest BCUT2D eigenvalue weighted by atomic mass is 9.82. The van der Waals surface area contributed by atoms with Crippen molar-refractivity contribution in [1.29, 1.82) is 0 Å². The lowest BCUT2D eigenvalue weighted by Gasteiger charge is -2.24. The summed E-state index contributed by atoms with van der Waals surface area (Å²) in [5, 5.41) is 0. The summed E-state index contributed by atoms with van der Waals surface area (Å²) in [7, 11) is 0. The number of nitrogens with two attached hydrogens (primary N) is 1. The minimum Gasteiger partial charge on any atom is -0.330 e. The van der Waals surface area contributed by atoms with Crippen molar-refractivity contribution in [2.45, 2.75) is 26.7 Å². The number of hydrogen-bond donors (Lipinski definition) is 1. The maximum Gasteiger partial charge on any atom is -0.00142 e. The van der Waals surface area contributed by atoms with E-state index in [0.29, 0.717) is 5.92 Å². The van der Waals surface area contributed by atoms with Crippen molar-refractivity contribution >= 4 is 0 Å². The molecule has 64 valence electrons. The highest BCUT2D eigenvalue weighted by atomic mass is 14.5. The molecule has 2 N–H and O–H groups in total. The quantitative estimate of drug-likeness (QED) is 0.605. The second-order valence-electron chi connectivity index (χ2n) is 3.87. The van der Waals surface area contributed by atoms with Crippen molar-refractivity contribution < 1.29 is 0 Å². The molecule has 1 aliphatic rings. The van der Waals surface area contributed by atoms with Crippen LogP contribution in [0.2, 0.25) is 0 Å².